The maximum absolute atomic E-state index is 12.9. The highest BCUT2D eigenvalue weighted by Crippen LogP contribution is 2.35. The Morgan fingerprint density at radius 2 is 1.89 bits per heavy atom. The number of ether oxygens (including phenoxy) is 1. The van der Waals surface area contributed by atoms with Crippen molar-refractivity contribution >= 4 is 39.2 Å². The van der Waals surface area contributed by atoms with E-state index in [4.69, 9.17) is 4.74 Å². The molecule has 36 heavy (non-hydrogen) atoms. The average molecular weight is 503 g/mol. The Kier molecular flexibility index (Phi) is 6.53. The quantitative estimate of drug-likeness (QED) is 0.363. The van der Waals surface area contributed by atoms with Gasteiger partial charge in [-0.3, -0.25) is 14.9 Å². The van der Waals surface area contributed by atoms with Crippen LogP contribution >= 0.6 is 11.3 Å². The number of hydrogen-bond donors (Lipinski definition) is 2. The molecule has 1 aliphatic heterocycles. The summed E-state index contributed by atoms with van der Waals surface area (Å²) in [6.45, 7) is 5.28. The summed E-state index contributed by atoms with van der Waals surface area (Å²) in [4.78, 5) is 35.2. The molecule has 2 aromatic carbocycles. The van der Waals surface area contributed by atoms with Gasteiger partial charge in [0.15, 0.2) is 5.13 Å². The van der Waals surface area contributed by atoms with E-state index in [0.29, 0.717) is 24.1 Å². The Hall–Kier alpha value is -3.65. The van der Waals surface area contributed by atoms with Crippen LogP contribution in [0.15, 0.2) is 60.1 Å². The number of nitrogens with zero attached hydrogens (tertiary/aromatic N) is 2. The second-order valence-electron chi connectivity index (χ2n) is 9.71. The van der Waals surface area contributed by atoms with Crippen LogP contribution in [0.25, 0.3) is 10.9 Å². The number of piperidine rings is 1. The summed E-state index contributed by atoms with van der Waals surface area (Å²) in [6.07, 6.45) is 3.65. The van der Waals surface area contributed by atoms with E-state index in [1.54, 1.807) is 12.0 Å². The van der Waals surface area contributed by atoms with Gasteiger partial charge in [0.25, 0.3) is 0 Å². The Morgan fingerprint density at radius 3 is 2.61 bits per heavy atom. The Morgan fingerprint density at radius 1 is 1.14 bits per heavy atom. The van der Waals surface area contributed by atoms with Crippen molar-refractivity contribution in [3.05, 3.63) is 76.9 Å². The molecule has 3 heterocycles. The number of rotatable bonds is 5. The van der Waals surface area contributed by atoms with Crippen LogP contribution in [0.5, 0.6) is 5.75 Å². The molecular formula is C28H30N4O3S. The van der Waals surface area contributed by atoms with E-state index >= 15 is 0 Å². The molecule has 1 fully saturated rings. The highest BCUT2D eigenvalue weighted by Gasteiger charge is 2.30. The second-order valence-corrected chi connectivity index (χ2v) is 10.6. The lowest BCUT2D eigenvalue weighted by atomic mass is 9.82. The minimum Gasteiger partial charge on any atom is -0.497 e. The number of aromatic amines is 1. The molecule has 0 saturated carbocycles. The average Bonchev–Trinajstić information content (AvgIpc) is 3.56. The number of hydrogen-bond acceptors (Lipinski definition) is 5. The second kappa shape index (κ2) is 9.78. The number of amides is 2. The molecule has 186 valence electrons. The third kappa shape index (κ3) is 4.60. The van der Waals surface area contributed by atoms with Gasteiger partial charge in [-0.05, 0) is 48.1 Å². The van der Waals surface area contributed by atoms with Gasteiger partial charge >= 0.3 is 11.8 Å². The summed E-state index contributed by atoms with van der Waals surface area (Å²) in [5, 5.41) is 6.24. The van der Waals surface area contributed by atoms with Crippen molar-refractivity contribution in [3.63, 3.8) is 0 Å². The third-order valence-electron chi connectivity index (χ3n) is 7.20. The lowest BCUT2D eigenvalue weighted by molar-refractivity contribution is -0.143. The molecule has 5 rings (SSSR count). The maximum Gasteiger partial charge on any atom is 0.315 e. The molecule has 2 amide bonds. The molecule has 0 atom stereocenters. The molecule has 0 aliphatic carbocycles. The van der Waals surface area contributed by atoms with E-state index in [0.717, 1.165) is 40.8 Å². The van der Waals surface area contributed by atoms with Gasteiger partial charge in [0, 0.05) is 41.0 Å². The molecule has 4 aromatic rings. The van der Waals surface area contributed by atoms with Crippen LogP contribution in [0.3, 0.4) is 0 Å². The van der Waals surface area contributed by atoms with Gasteiger partial charge in [-0.15, -0.1) is 11.3 Å². The number of thiazole rings is 1. The van der Waals surface area contributed by atoms with Crippen molar-refractivity contribution in [2.45, 2.75) is 38.0 Å². The van der Waals surface area contributed by atoms with E-state index < -0.39 is 11.8 Å². The molecule has 1 saturated heterocycles. The first-order valence-electron chi connectivity index (χ1n) is 12.1. The standard InChI is InChI=1S/C28H30N4O3S/c1-28(2,19-7-5-4-6-8-19)24-17-36-27(30-24)31-25(33)26(34)32-13-11-18(12-14-32)22-16-29-23-10-9-20(35-3)15-21(22)23/h4-10,15-18,29H,11-14H2,1-3H3,(H,30,31,33). The van der Waals surface area contributed by atoms with Crippen LogP contribution in [0.2, 0.25) is 0 Å². The molecule has 1 aliphatic rings. The number of nitrogens with one attached hydrogen (secondary N) is 2. The number of carbonyl (C=O) groups excluding carboxylic acids is 2. The van der Waals surface area contributed by atoms with Crippen molar-refractivity contribution in [1.29, 1.82) is 0 Å². The fraction of sp³-hybridized carbons (Fsp3) is 0.321. The lowest BCUT2D eigenvalue weighted by Crippen LogP contribution is -2.43. The summed E-state index contributed by atoms with van der Waals surface area (Å²) >= 11 is 1.34. The predicted molar refractivity (Wildman–Crippen MR) is 143 cm³/mol. The van der Waals surface area contributed by atoms with Gasteiger partial charge in [0.1, 0.15) is 5.75 Å². The van der Waals surface area contributed by atoms with E-state index in [1.165, 1.54) is 16.9 Å². The normalized spacial score (nSPS) is 14.7. The lowest BCUT2D eigenvalue weighted by Gasteiger charge is -2.31. The van der Waals surface area contributed by atoms with E-state index in [-0.39, 0.29) is 5.41 Å². The molecular weight excluding hydrogens is 472 g/mol. The van der Waals surface area contributed by atoms with Crippen molar-refractivity contribution in [1.82, 2.24) is 14.9 Å². The number of H-pyrrole nitrogens is 1. The van der Waals surface area contributed by atoms with Gasteiger partial charge in [-0.25, -0.2) is 4.98 Å². The van der Waals surface area contributed by atoms with Crippen LogP contribution < -0.4 is 10.1 Å². The first-order valence-corrected chi connectivity index (χ1v) is 13.0. The van der Waals surface area contributed by atoms with Crippen LogP contribution in [0, 0.1) is 0 Å². The number of likely N-dealkylation sites (tertiary alicyclic amines) is 1. The maximum atomic E-state index is 12.9. The zero-order valence-electron chi connectivity index (χ0n) is 20.7. The Bertz CT molecular complexity index is 1380. The smallest absolute Gasteiger partial charge is 0.315 e. The molecule has 0 bridgehead atoms. The number of anilines is 1. The van der Waals surface area contributed by atoms with Crippen molar-refractivity contribution in [2.24, 2.45) is 0 Å². The summed E-state index contributed by atoms with van der Waals surface area (Å²) in [5.41, 5.74) is 4.00. The summed E-state index contributed by atoms with van der Waals surface area (Å²) in [7, 11) is 1.67. The van der Waals surface area contributed by atoms with Gasteiger partial charge < -0.3 is 14.6 Å². The SMILES string of the molecule is COc1ccc2[nH]cc(C3CCN(C(=O)C(=O)Nc4nc(C(C)(C)c5ccccc5)cs4)CC3)c2c1. The summed E-state index contributed by atoms with van der Waals surface area (Å²) < 4.78 is 5.38. The number of fused-ring (bicyclic) bond motifs is 1. The minimum atomic E-state index is -0.635. The summed E-state index contributed by atoms with van der Waals surface area (Å²) in [5.74, 6) is 0.00153. The van der Waals surface area contributed by atoms with Crippen LogP contribution in [-0.4, -0.2) is 46.9 Å². The largest absolute Gasteiger partial charge is 0.497 e. The van der Waals surface area contributed by atoms with E-state index in [2.05, 4.69) is 47.5 Å². The zero-order valence-corrected chi connectivity index (χ0v) is 21.5. The summed E-state index contributed by atoms with van der Waals surface area (Å²) in [6, 6.07) is 16.1. The number of aromatic nitrogens is 2. The third-order valence-corrected chi connectivity index (χ3v) is 7.96. The van der Waals surface area contributed by atoms with E-state index in [9.17, 15) is 9.59 Å². The Labute approximate surface area is 214 Å². The first-order chi connectivity index (χ1) is 17.4. The molecule has 2 aromatic heterocycles. The monoisotopic (exact) mass is 502 g/mol. The van der Waals surface area contributed by atoms with Crippen molar-refractivity contribution in [2.75, 3.05) is 25.5 Å². The number of methoxy groups -OCH3 is 1. The molecule has 2 N–H and O–H groups in total. The Balaban J connectivity index is 1.20. The van der Waals surface area contributed by atoms with Crippen LogP contribution in [0.4, 0.5) is 5.13 Å². The van der Waals surface area contributed by atoms with Gasteiger partial charge in [0.2, 0.25) is 0 Å². The molecule has 8 heteroatoms. The fourth-order valence-electron chi connectivity index (χ4n) is 4.89. The molecule has 0 spiro atoms. The number of carbonyl (C=O) groups is 2. The van der Waals surface area contributed by atoms with Crippen LogP contribution in [-0.2, 0) is 15.0 Å². The zero-order chi connectivity index (χ0) is 25.3. The van der Waals surface area contributed by atoms with Gasteiger partial charge in [-0.1, -0.05) is 44.2 Å². The van der Waals surface area contributed by atoms with Crippen molar-refractivity contribution in [3.8, 4) is 5.75 Å². The number of benzene rings is 2. The molecule has 7 nitrogen and oxygen atoms in total. The van der Waals surface area contributed by atoms with Crippen LogP contribution in [0.1, 0.15) is 49.4 Å². The fourth-order valence-corrected chi connectivity index (χ4v) is 5.77. The first kappa shape index (κ1) is 24.1. The van der Waals surface area contributed by atoms with Gasteiger partial charge in [-0.2, -0.15) is 0 Å². The van der Waals surface area contributed by atoms with Gasteiger partial charge in [0.05, 0.1) is 12.8 Å². The minimum absolute atomic E-state index is 0.307. The topological polar surface area (TPSA) is 87.3 Å². The molecule has 0 unspecified atom stereocenters. The highest BCUT2D eigenvalue weighted by atomic mass is 32.1. The van der Waals surface area contributed by atoms with Crippen molar-refractivity contribution < 1.29 is 14.3 Å². The molecule has 0 radical (unpaired) electrons. The van der Waals surface area contributed by atoms with E-state index in [1.807, 2.05) is 41.8 Å². The highest BCUT2D eigenvalue weighted by molar-refractivity contribution is 7.14. The predicted octanol–water partition coefficient (Wildman–Crippen LogP) is 5.30.